The smallest absolute Gasteiger partial charge is 0.292 e. The first-order valence-corrected chi connectivity index (χ1v) is 5.63. The van der Waals surface area contributed by atoms with Gasteiger partial charge in [-0.05, 0) is 18.2 Å². The molecule has 0 radical (unpaired) electrons. The van der Waals surface area contributed by atoms with E-state index in [1.807, 2.05) is 13.8 Å². The fourth-order valence-electron chi connectivity index (χ4n) is 1.80. The molecule has 0 bridgehead atoms. The average molecular weight is 250 g/mol. The van der Waals surface area contributed by atoms with Crippen LogP contribution in [0.2, 0.25) is 0 Å². The van der Waals surface area contributed by atoms with Crippen molar-refractivity contribution >= 4 is 6.01 Å². The Bertz CT molecular complexity index is 564. The maximum absolute atomic E-state index is 13.4. The van der Waals surface area contributed by atoms with E-state index in [2.05, 4.69) is 4.98 Å². The fraction of sp³-hybridized carbons (Fsp3) is 0.308. The maximum atomic E-state index is 13.4. The Morgan fingerprint density at radius 1 is 1.39 bits per heavy atom. The molecule has 5 heteroatoms. The molecule has 0 aliphatic carbocycles. The van der Waals surface area contributed by atoms with Crippen molar-refractivity contribution in [3.8, 4) is 17.0 Å². The van der Waals surface area contributed by atoms with Crippen molar-refractivity contribution in [3.63, 3.8) is 0 Å². The second-order valence-corrected chi connectivity index (χ2v) is 4.26. The van der Waals surface area contributed by atoms with Crippen LogP contribution in [-0.4, -0.2) is 12.1 Å². The minimum atomic E-state index is -0.359. The van der Waals surface area contributed by atoms with Crippen LogP contribution in [0.25, 0.3) is 11.3 Å². The number of ether oxygens (including phenoxy) is 1. The van der Waals surface area contributed by atoms with Crippen molar-refractivity contribution in [2.75, 3.05) is 12.8 Å². The van der Waals surface area contributed by atoms with E-state index in [1.54, 1.807) is 6.07 Å². The average Bonchev–Trinajstić information content (AvgIpc) is 2.71. The number of anilines is 1. The molecule has 2 rings (SSSR count). The van der Waals surface area contributed by atoms with Crippen LogP contribution in [-0.2, 0) is 0 Å². The molecule has 0 amide bonds. The Balaban J connectivity index is 2.64. The van der Waals surface area contributed by atoms with Gasteiger partial charge in [-0.15, -0.1) is 0 Å². The second-order valence-electron chi connectivity index (χ2n) is 4.26. The number of nitrogens with zero attached hydrogens (tertiary/aromatic N) is 1. The van der Waals surface area contributed by atoms with Gasteiger partial charge in [-0.25, -0.2) is 4.39 Å². The lowest BCUT2D eigenvalue weighted by Gasteiger charge is -2.08. The molecular formula is C13H15FN2O2. The van der Waals surface area contributed by atoms with Crippen LogP contribution in [0.1, 0.15) is 25.5 Å². The van der Waals surface area contributed by atoms with Gasteiger partial charge in [0.05, 0.1) is 7.11 Å². The minimum Gasteiger partial charge on any atom is -0.496 e. The molecular weight excluding hydrogens is 235 g/mol. The monoisotopic (exact) mass is 250 g/mol. The van der Waals surface area contributed by atoms with Gasteiger partial charge in [0.2, 0.25) is 0 Å². The van der Waals surface area contributed by atoms with Crippen molar-refractivity contribution in [1.29, 1.82) is 0 Å². The molecule has 0 saturated carbocycles. The summed E-state index contributed by atoms with van der Waals surface area (Å²) in [4.78, 5) is 4.12. The number of benzene rings is 1. The fourth-order valence-corrected chi connectivity index (χ4v) is 1.80. The second kappa shape index (κ2) is 4.68. The van der Waals surface area contributed by atoms with E-state index in [-0.39, 0.29) is 17.7 Å². The number of oxazole rings is 1. The Morgan fingerprint density at radius 2 is 2.11 bits per heavy atom. The SMILES string of the molecule is COc1ccc(F)cc1-c1nc(N)oc1C(C)C. The summed E-state index contributed by atoms with van der Waals surface area (Å²) in [7, 11) is 1.52. The van der Waals surface area contributed by atoms with Gasteiger partial charge in [0.1, 0.15) is 23.0 Å². The van der Waals surface area contributed by atoms with E-state index in [9.17, 15) is 4.39 Å². The van der Waals surface area contributed by atoms with Crippen molar-refractivity contribution in [1.82, 2.24) is 4.98 Å². The Hall–Kier alpha value is -2.04. The molecule has 18 heavy (non-hydrogen) atoms. The third-order valence-electron chi connectivity index (χ3n) is 2.61. The van der Waals surface area contributed by atoms with Crippen LogP contribution in [0.3, 0.4) is 0 Å². The number of nitrogen functional groups attached to an aromatic ring is 1. The molecule has 0 unspecified atom stereocenters. The summed E-state index contributed by atoms with van der Waals surface area (Å²) in [6.07, 6.45) is 0. The zero-order valence-corrected chi connectivity index (χ0v) is 10.5. The Kier molecular flexibility index (Phi) is 3.23. The molecule has 2 N–H and O–H groups in total. The van der Waals surface area contributed by atoms with Crippen LogP contribution < -0.4 is 10.5 Å². The van der Waals surface area contributed by atoms with Crippen molar-refractivity contribution in [2.45, 2.75) is 19.8 Å². The molecule has 2 aromatic rings. The van der Waals surface area contributed by atoms with E-state index in [0.29, 0.717) is 22.8 Å². The van der Waals surface area contributed by atoms with E-state index in [4.69, 9.17) is 14.9 Å². The topological polar surface area (TPSA) is 61.3 Å². The molecule has 96 valence electrons. The van der Waals surface area contributed by atoms with Gasteiger partial charge >= 0.3 is 0 Å². The van der Waals surface area contributed by atoms with Gasteiger partial charge in [0.25, 0.3) is 6.01 Å². The van der Waals surface area contributed by atoms with Crippen LogP contribution in [0, 0.1) is 5.82 Å². The zero-order chi connectivity index (χ0) is 13.3. The summed E-state index contributed by atoms with van der Waals surface area (Å²) in [5.41, 5.74) is 6.64. The number of methoxy groups -OCH3 is 1. The zero-order valence-electron chi connectivity index (χ0n) is 10.5. The number of halogens is 1. The molecule has 0 aliphatic heterocycles. The molecule has 4 nitrogen and oxygen atoms in total. The number of rotatable bonds is 3. The number of aromatic nitrogens is 1. The van der Waals surface area contributed by atoms with Crippen LogP contribution >= 0.6 is 0 Å². The molecule has 0 aliphatic rings. The first kappa shape index (κ1) is 12.4. The lowest BCUT2D eigenvalue weighted by molar-refractivity contribution is 0.415. The van der Waals surface area contributed by atoms with Crippen LogP contribution in [0.15, 0.2) is 22.6 Å². The summed E-state index contributed by atoms with van der Waals surface area (Å²) in [5.74, 6) is 0.892. The first-order chi connectivity index (χ1) is 8.52. The van der Waals surface area contributed by atoms with Crippen molar-refractivity contribution < 1.29 is 13.5 Å². The predicted molar refractivity (Wildman–Crippen MR) is 67.0 cm³/mol. The Labute approximate surface area is 105 Å². The molecule has 0 fully saturated rings. The van der Waals surface area contributed by atoms with Crippen LogP contribution in [0.5, 0.6) is 5.75 Å². The van der Waals surface area contributed by atoms with Gasteiger partial charge in [-0.1, -0.05) is 13.8 Å². The van der Waals surface area contributed by atoms with Gasteiger partial charge in [0.15, 0.2) is 0 Å². The lowest BCUT2D eigenvalue weighted by atomic mass is 10.0. The van der Waals surface area contributed by atoms with Gasteiger partial charge in [0, 0.05) is 11.5 Å². The highest BCUT2D eigenvalue weighted by Gasteiger charge is 2.20. The standard InChI is InChI=1S/C13H15FN2O2/c1-7(2)12-11(16-13(15)18-12)9-6-8(14)4-5-10(9)17-3/h4-7H,1-3H3,(H2,15,16). The molecule has 1 aromatic heterocycles. The molecule has 0 atom stereocenters. The van der Waals surface area contributed by atoms with Crippen molar-refractivity contribution in [3.05, 3.63) is 29.8 Å². The quantitative estimate of drug-likeness (QED) is 0.908. The van der Waals surface area contributed by atoms with Gasteiger partial charge in [-0.2, -0.15) is 4.98 Å². The summed E-state index contributed by atoms with van der Waals surface area (Å²) in [5, 5.41) is 0. The summed E-state index contributed by atoms with van der Waals surface area (Å²) < 4.78 is 23.9. The minimum absolute atomic E-state index is 0.0695. The normalized spacial score (nSPS) is 10.9. The third-order valence-corrected chi connectivity index (χ3v) is 2.61. The van der Waals surface area contributed by atoms with Gasteiger partial charge < -0.3 is 14.9 Å². The molecule has 0 spiro atoms. The highest BCUT2D eigenvalue weighted by molar-refractivity contribution is 5.70. The largest absolute Gasteiger partial charge is 0.496 e. The van der Waals surface area contributed by atoms with E-state index in [1.165, 1.54) is 19.2 Å². The highest BCUT2D eigenvalue weighted by Crippen LogP contribution is 2.36. The summed E-state index contributed by atoms with van der Waals surface area (Å²) in [6, 6.07) is 4.32. The van der Waals surface area contributed by atoms with Crippen LogP contribution in [0.4, 0.5) is 10.4 Å². The third kappa shape index (κ3) is 2.16. The highest BCUT2D eigenvalue weighted by atomic mass is 19.1. The number of hydrogen-bond acceptors (Lipinski definition) is 4. The van der Waals surface area contributed by atoms with E-state index < -0.39 is 0 Å². The van der Waals surface area contributed by atoms with E-state index in [0.717, 1.165) is 0 Å². The van der Waals surface area contributed by atoms with Gasteiger partial charge in [-0.3, -0.25) is 0 Å². The maximum Gasteiger partial charge on any atom is 0.292 e. The lowest BCUT2D eigenvalue weighted by Crippen LogP contribution is -1.94. The summed E-state index contributed by atoms with van der Waals surface area (Å²) in [6.45, 7) is 3.91. The molecule has 1 aromatic carbocycles. The molecule has 1 heterocycles. The number of hydrogen-bond donors (Lipinski definition) is 1. The first-order valence-electron chi connectivity index (χ1n) is 5.63. The van der Waals surface area contributed by atoms with E-state index >= 15 is 0 Å². The molecule has 0 saturated heterocycles. The van der Waals surface area contributed by atoms with Crippen molar-refractivity contribution in [2.24, 2.45) is 0 Å². The number of nitrogens with two attached hydrogens (primary N) is 1. The Morgan fingerprint density at radius 3 is 2.72 bits per heavy atom. The summed E-state index contributed by atoms with van der Waals surface area (Å²) >= 11 is 0. The predicted octanol–water partition coefficient (Wildman–Crippen LogP) is 3.19.